The van der Waals surface area contributed by atoms with Crippen LogP contribution in [0.2, 0.25) is 0 Å². The lowest BCUT2D eigenvalue weighted by Crippen LogP contribution is -2.45. The first-order valence-electron chi connectivity index (χ1n) is 10.3. The molecule has 2 aliphatic rings. The number of likely N-dealkylation sites (N-methyl/N-ethyl adjacent to an activating group) is 1. The number of hydrogen-bond acceptors (Lipinski definition) is 6. The molecule has 29 heavy (non-hydrogen) atoms. The van der Waals surface area contributed by atoms with Gasteiger partial charge in [-0.3, -0.25) is 14.4 Å². The first-order valence-corrected chi connectivity index (χ1v) is 11.8. The molecule has 0 spiro atoms. The van der Waals surface area contributed by atoms with Crippen molar-refractivity contribution in [3.05, 3.63) is 29.8 Å². The van der Waals surface area contributed by atoms with E-state index in [4.69, 9.17) is 9.47 Å². The van der Waals surface area contributed by atoms with Crippen molar-refractivity contribution < 1.29 is 22.7 Å². The topological polar surface area (TPSA) is 88.2 Å². The van der Waals surface area contributed by atoms with E-state index in [2.05, 4.69) is 16.5 Å². The molecule has 0 aliphatic carbocycles. The predicted molar refractivity (Wildman–Crippen MR) is 111 cm³/mol. The van der Waals surface area contributed by atoms with Crippen LogP contribution >= 0.6 is 0 Å². The summed E-state index contributed by atoms with van der Waals surface area (Å²) in [4.78, 5) is 14.3. The van der Waals surface area contributed by atoms with E-state index in [-0.39, 0.29) is 18.6 Å². The zero-order valence-electron chi connectivity index (χ0n) is 17.2. The lowest BCUT2D eigenvalue weighted by molar-refractivity contribution is -0.149. The number of nitrogens with one attached hydrogen (secondary N) is 1. The van der Waals surface area contributed by atoms with Crippen molar-refractivity contribution in [1.82, 2.24) is 9.21 Å². The molecule has 0 radical (unpaired) electrons. The van der Waals surface area contributed by atoms with Crippen LogP contribution < -0.4 is 4.72 Å². The van der Waals surface area contributed by atoms with Crippen molar-refractivity contribution in [2.45, 2.75) is 32.8 Å². The Balaban J connectivity index is 1.62. The number of hydrogen-bond donors (Lipinski definition) is 1. The Morgan fingerprint density at radius 1 is 1.21 bits per heavy atom. The number of carbonyl (C=O) groups is 1. The van der Waals surface area contributed by atoms with Crippen LogP contribution in [-0.4, -0.2) is 69.5 Å². The fraction of sp³-hybridized carbons (Fsp3) is 0.650. The fourth-order valence-corrected chi connectivity index (χ4v) is 5.09. The second kappa shape index (κ2) is 9.88. The molecule has 3 rings (SSSR count). The van der Waals surface area contributed by atoms with Gasteiger partial charge in [0.2, 0.25) is 0 Å². The highest BCUT2D eigenvalue weighted by Gasteiger charge is 2.33. The third-order valence-corrected chi connectivity index (χ3v) is 6.98. The quantitative estimate of drug-likeness (QED) is 0.673. The Bertz CT molecular complexity index is 784. The normalized spacial score (nSPS) is 24.2. The molecule has 0 bridgehead atoms. The summed E-state index contributed by atoms with van der Waals surface area (Å²) in [5.74, 6) is -0.738. The van der Waals surface area contributed by atoms with Crippen LogP contribution in [0.1, 0.15) is 38.4 Å². The zero-order valence-corrected chi connectivity index (χ0v) is 18.0. The highest BCUT2D eigenvalue weighted by molar-refractivity contribution is 7.90. The van der Waals surface area contributed by atoms with Crippen molar-refractivity contribution in [3.8, 4) is 0 Å². The zero-order chi connectivity index (χ0) is 20.9. The largest absolute Gasteiger partial charge is 0.466 e. The lowest BCUT2D eigenvalue weighted by Gasteiger charge is -2.32. The molecule has 2 fully saturated rings. The molecule has 0 aromatic heterocycles. The molecule has 8 nitrogen and oxygen atoms in total. The summed E-state index contributed by atoms with van der Waals surface area (Å²) in [6.45, 7) is 8.18. The molecule has 0 saturated carbocycles. The van der Waals surface area contributed by atoms with Gasteiger partial charge >= 0.3 is 16.2 Å². The van der Waals surface area contributed by atoms with Crippen molar-refractivity contribution in [1.29, 1.82) is 0 Å². The van der Waals surface area contributed by atoms with Gasteiger partial charge < -0.3 is 9.47 Å². The minimum absolute atomic E-state index is 0.00166. The van der Waals surface area contributed by atoms with Crippen molar-refractivity contribution in [2.75, 3.05) is 50.7 Å². The van der Waals surface area contributed by atoms with Gasteiger partial charge in [0, 0.05) is 31.9 Å². The second-order valence-corrected chi connectivity index (χ2v) is 9.10. The molecule has 2 heterocycles. The SMILES string of the molecule is CCOC(=O)C1CCCN(S(=O)(=O)Nc2ccc(C3CN(CC)CCO3)cc2)C1. The molecule has 0 amide bonds. The summed E-state index contributed by atoms with van der Waals surface area (Å²) in [5, 5.41) is 0. The van der Waals surface area contributed by atoms with E-state index < -0.39 is 16.1 Å². The Hall–Kier alpha value is -1.68. The van der Waals surface area contributed by atoms with Gasteiger partial charge in [0.05, 0.1) is 25.2 Å². The molecule has 2 saturated heterocycles. The van der Waals surface area contributed by atoms with Crippen LogP contribution in [0.15, 0.2) is 24.3 Å². The first kappa shape index (κ1) is 22.0. The van der Waals surface area contributed by atoms with E-state index >= 15 is 0 Å². The summed E-state index contributed by atoms with van der Waals surface area (Å²) < 4.78 is 40.4. The summed E-state index contributed by atoms with van der Waals surface area (Å²) in [7, 11) is -3.73. The Morgan fingerprint density at radius 3 is 2.66 bits per heavy atom. The van der Waals surface area contributed by atoms with E-state index in [0.29, 0.717) is 38.3 Å². The molecule has 1 aromatic rings. The highest BCUT2D eigenvalue weighted by Crippen LogP contribution is 2.25. The van der Waals surface area contributed by atoms with Gasteiger partial charge in [-0.25, -0.2) is 0 Å². The fourth-order valence-electron chi connectivity index (χ4n) is 3.78. The van der Waals surface area contributed by atoms with Gasteiger partial charge in [-0.2, -0.15) is 12.7 Å². The summed E-state index contributed by atoms with van der Waals surface area (Å²) in [6, 6.07) is 7.32. The van der Waals surface area contributed by atoms with Crippen LogP contribution in [-0.2, 0) is 24.5 Å². The van der Waals surface area contributed by atoms with Crippen LogP contribution in [0.4, 0.5) is 5.69 Å². The number of piperidine rings is 1. The maximum atomic E-state index is 12.8. The Labute approximate surface area is 173 Å². The van der Waals surface area contributed by atoms with Crippen LogP contribution in [0.25, 0.3) is 0 Å². The molecule has 9 heteroatoms. The van der Waals surface area contributed by atoms with E-state index in [1.165, 1.54) is 4.31 Å². The van der Waals surface area contributed by atoms with Gasteiger partial charge in [0.15, 0.2) is 0 Å². The number of carbonyl (C=O) groups excluding carboxylic acids is 1. The van der Waals surface area contributed by atoms with E-state index in [1.54, 1.807) is 19.1 Å². The number of rotatable bonds is 7. The third-order valence-electron chi connectivity index (χ3n) is 5.47. The average molecular weight is 426 g/mol. The van der Waals surface area contributed by atoms with Gasteiger partial charge in [-0.1, -0.05) is 19.1 Å². The number of benzene rings is 1. The van der Waals surface area contributed by atoms with Crippen molar-refractivity contribution >= 4 is 21.9 Å². The lowest BCUT2D eigenvalue weighted by atomic mass is 10.0. The van der Waals surface area contributed by atoms with Crippen LogP contribution in [0, 0.1) is 5.92 Å². The van der Waals surface area contributed by atoms with E-state index in [1.807, 2.05) is 12.1 Å². The number of ether oxygens (including phenoxy) is 2. The third kappa shape index (κ3) is 5.69. The number of esters is 1. The van der Waals surface area contributed by atoms with Gasteiger partial charge in [0.25, 0.3) is 0 Å². The first-order chi connectivity index (χ1) is 13.9. The molecule has 2 atom stereocenters. The summed E-state index contributed by atoms with van der Waals surface area (Å²) in [5.41, 5.74) is 1.53. The molecular weight excluding hydrogens is 394 g/mol. The molecule has 1 N–H and O–H groups in total. The van der Waals surface area contributed by atoms with Crippen LogP contribution in [0.5, 0.6) is 0 Å². The Kier molecular flexibility index (Phi) is 7.50. The van der Waals surface area contributed by atoms with E-state index in [9.17, 15) is 13.2 Å². The summed E-state index contributed by atoms with van der Waals surface area (Å²) >= 11 is 0. The average Bonchev–Trinajstić information content (AvgIpc) is 2.74. The predicted octanol–water partition coefficient (Wildman–Crippen LogP) is 2.01. The maximum Gasteiger partial charge on any atom is 0.310 e. The number of nitrogens with zero attached hydrogens (tertiary/aromatic N) is 2. The molecule has 2 unspecified atom stereocenters. The molecule has 162 valence electrons. The Morgan fingerprint density at radius 2 is 1.97 bits per heavy atom. The van der Waals surface area contributed by atoms with Gasteiger partial charge in [-0.05, 0) is 44.0 Å². The smallest absolute Gasteiger partial charge is 0.310 e. The molecule has 2 aliphatic heterocycles. The van der Waals surface area contributed by atoms with Crippen LogP contribution in [0.3, 0.4) is 0 Å². The standard InChI is InChI=1S/C20H31N3O5S/c1-3-22-12-13-28-19(15-22)16-7-9-18(10-8-16)21-29(25,26)23-11-5-6-17(14-23)20(24)27-4-2/h7-10,17,19,21H,3-6,11-15H2,1-2H3. The molecule has 1 aromatic carbocycles. The van der Waals surface area contributed by atoms with Crippen molar-refractivity contribution in [2.24, 2.45) is 5.92 Å². The number of anilines is 1. The van der Waals surface area contributed by atoms with E-state index in [0.717, 1.165) is 25.2 Å². The highest BCUT2D eigenvalue weighted by atomic mass is 32.2. The molecular formula is C20H31N3O5S. The second-order valence-electron chi connectivity index (χ2n) is 7.43. The minimum Gasteiger partial charge on any atom is -0.466 e. The van der Waals surface area contributed by atoms with Crippen molar-refractivity contribution in [3.63, 3.8) is 0 Å². The van der Waals surface area contributed by atoms with Gasteiger partial charge in [0.1, 0.15) is 0 Å². The van der Waals surface area contributed by atoms with Gasteiger partial charge in [-0.15, -0.1) is 0 Å². The monoisotopic (exact) mass is 425 g/mol. The minimum atomic E-state index is -3.73. The summed E-state index contributed by atoms with van der Waals surface area (Å²) in [6.07, 6.45) is 1.29. The maximum absolute atomic E-state index is 12.8. The number of morpholine rings is 1.